The van der Waals surface area contributed by atoms with Gasteiger partial charge in [0.2, 0.25) is 5.82 Å². The van der Waals surface area contributed by atoms with Gasteiger partial charge in [-0.1, -0.05) is 25.1 Å². The second-order valence-corrected chi connectivity index (χ2v) is 7.61. The van der Waals surface area contributed by atoms with E-state index in [4.69, 9.17) is 4.74 Å². The third-order valence-electron chi connectivity index (χ3n) is 5.37. The van der Waals surface area contributed by atoms with Gasteiger partial charge < -0.3 is 19.9 Å². The van der Waals surface area contributed by atoms with Gasteiger partial charge in [0.25, 0.3) is 17.6 Å². The summed E-state index contributed by atoms with van der Waals surface area (Å²) >= 11 is 0. The second-order valence-electron chi connectivity index (χ2n) is 7.61. The van der Waals surface area contributed by atoms with Crippen LogP contribution in [0.1, 0.15) is 34.1 Å². The number of aromatic nitrogens is 6. The van der Waals surface area contributed by atoms with Gasteiger partial charge in [0.05, 0.1) is 29.8 Å². The van der Waals surface area contributed by atoms with Gasteiger partial charge in [0.15, 0.2) is 0 Å². The van der Waals surface area contributed by atoms with Crippen LogP contribution in [0, 0.1) is 0 Å². The average Bonchev–Trinajstić information content (AvgIpc) is 3.58. The van der Waals surface area contributed by atoms with E-state index >= 15 is 0 Å². The van der Waals surface area contributed by atoms with Crippen LogP contribution in [0.4, 0.5) is 0 Å². The monoisotopic (exact) mass is 476 g/mol. The molecule has 0 aliphatic carbocycles. The van der Waals surface area contributed by atoms with E-state index in [0.717, 1.165) is 6.42 Å². The Kier molecular flexibility index (Phi) is 7.10. The van der Waals surface area contributed by atoms with Crippen molar-refractivity contribution in [2.24, 2.45) is 0 Å². The Morgan fingerprint density at radius 2 is 1.94 bits per heavy atom. The first-order valence-corrected chi connectivity index (χ1v) is 11.0. The number of aromatic amines is 2. The molecule has 0 aliphatic rings. The predicted molar refractivity (Wildman–Crippen MR) is 126 cm³/mol. The summed E-state index contributed by atoms with van der Waals surface area (Å²) in [7, 11) is 1.44. The van der Waals surface area contributed by atoms with E-state index in [9.17, 15) is 14.4 Å². The van der Waals surface area contributed by atoms with E-state index in [1.54, 1.807) is 29.2 Å². The van der Waals surface area contributed by atoms with Gasteiger partial charge in [-0.05, 0) is 23.8 Å². The number of nitrogens with zero attached hydrogens (tertiary/aromatic N) is 5. The van der Waals surface area contributed by atoms with Crippen LogP contribution in [-0.2, 0) is 4.79 Å². The zero-order valence-corrected chi connectivity index (χ0v) is 19.2. The van der Waals surface area contributed by atoms with Gasteiger partial charge in [-0.15, -0.1) is 10.2 Å². The molecule has 12 heteroatoms. The van der Waals surface area contributed by atoms with Crippen LogP contribution in [0.5, 0.6) is 5.75 Å². The molecule has 0 aliphatic heterocycles. The fourth-order valence-electron chi connectivity index (χ4n) is 3.74. The number of Topliss-reactive ketones (excluding diaryl/α,β-unsaturated/α-hetero) is 1. The third kappa shape index (κ3) is 4.86. The Morgan fingerprint density at radius 3 is 2.63 bits per heavy atom. The molecule has 0 radical (unpaired) electrons. The molecule has 0 saturated heterocycles. The zero-order valence-electron chi connectivity index (χ0n) is 19.2. The molecule has 3 N–H and O–H groups in total. The highest BCUT2D eigenvalue weighted by Crippen LogP contribution is 2.33. The highest BCUT2D eigenvalue weighted by atomic mass is 16.5. The van der Waals surface area contributed by atoms with E-state index in [1.807, 2.05) is 13.0 Å². The normalized spacial score (nSPS) is 10.8. The number of rotatable bonds is 10. The number of carbonyl (C=O) groups excluding carboxylic acids is 3. The van der Waals surface area contributed by atoms with Crippen LogP contribution < -0.4 is 10.1 Å². The van der Waals surface area contributed by atoms with Gasteiger partial charge in [-0.2, -0.15) is 5.21 Å². The Balaban J connectivity index is 1.49. The smallest absolute Gasteiger partial charge is 0.292 e. The number of carbonyl (C=O) groups is 3. The number of H-pyrrole nitrogens is 2. The molecule has 4 aromatic rings. The molecule has 12 nitrogen and oxygen atoms in total. The van der Waals surface area contributed by atoms with E-state index in [0.29, 0.717) is 34.5 Å². The van der Waals surface area contributed by atoms with Gasteiger partial charge in [0.1, 0.15) is 11.4 Å². The molecular weight excluding hydrogens is 452 g/mol. The van der Waals surface area contributed by atoms with Crippen LogP contribution in [0.15, 0.2) is 42.7 Å². The minimum absolute atomic E-state index is 0.118. The Bertz CT molecular complexity index is 1330. The van der Waals surface area contributed by atoms with Crippen molar-refractivity contribution in [3.8, 4) is 17.3 Å². The lowest BCUT2D eigenvalue weighted by Crippen LogP contribution is -2.40. The molecule has 0 atom stereocenters. The lowest BCUT2D eigenvalue weighted by molar-refractivity contribution is -0.117. The van der Waals surface area contributed by atoms with Crippen molar-refractivity contribution >= 4 is 28.5 Å². The average molecular weight is 476 g/mol. The van der Waals surface area contributed by atoms with Gasteiger partial charge in [-0.25, -0.2) is 4.98 Å². The number of ether oxygens (including phenoxy) is 1. The van der Waals surface area contributed by atoms with Crippen LogP contribution in [0.2, 0.25) is 0 Å². The fraction of sp³-hybridized carbons (Fsp3) is 0.261. The Morgan fingerprint density at radius 1 is 1.14 bits per heavy atom. The van der Waals surface area contributed by atoms with Crippen LogP contribution >= 0.6 is 0 Å². The first-order chi connectivity index (χ1) is 17.0. The number of hydrogen-bond acceptors (Lipinski definition) is 8. The summed E-state index contributed by atoms with van der Waals surface area (Å²) in [6.07, 6.45) is 3.61. The standard InChI is InChI=1S/C23H24N8O4/c1-3-10-31(23(34)14-7-5-4-6-8-14)11-9-24-22(33)20(32)15-12-25-18-17(15)16(35-2)13-26-19(18)21-27-29-30-28-21/h4-8,12-13,25H,3,9-11H2,1-2H3,(H,24,33)(H,27,28,29,30). The minimum atomic E-state index is -0.797. The number of hydrogen-bond donors (Lipinski definition) is 3. The predicted octanol–water partition coefficient (Wildman–Crippen LogP) is 1.60. The first-order valence-electron chi connectivity index (χ1n) is 11.0. The number of tetrazole rings is 1. The minimum Gasteiger partial charge on any atom is -0.494 e. The summed E-state index contributed by atoms with van der Waals surface area (Å²) in [4.78, 5) is 47.4. The van der Waals surface area contributed by atoms with Crippen molar-refractivity contribution in [1.29, 1.82) is 0 Å². The van der Waals surface area contributed by atoms with Gasteiger partial charge >= 0.3 is 0 Å². The SMILES string of the molecule is CCCN(CCNC(=O)C(=O)c1c[nH]c2c(-c3nn[nH]n3)ncc(OC)c12)C(=O)c1ccccc1. The summed E-state index contributed by atoms with van der Waals surface area (Å²) in [6.45, 7) is 2.89. The van der Waals surface area contributed by atoms with Crippen LogP contribution in [0.3, 0.4) is 0 Å². The second kappa shape index (κ2) is 10.5. The van der Waals surface area contributed by atoms with Crippen LogP contribution in [-0.4, -0.2) is 79.8 Å². The highest BCUT2D eigenvalue weighted by molar-refractivity contribution is 6.45. The first kappa shape index (κ1) is 23.5. The van der Waals surface area contributed by atoms with Gasteiger partial charge in [-0.3, -0.25) is 14.4 Å². The van der Waals surface area contributed by atoms with E-state index in [2.05, 4.69) is 35.9 Å². The molecule has 3 aromatic heterocycles. The molecule has 0 saturated carbocycles. The molecule has 0 spiro atoms. The molecule has 180 valence electrons. The van der Waals surface area contributed by atoms with Crippen molar-refractivity contribution in [3.63, 3.8) is 0 Å². The molecular formula is C23H24N8O4. The lowest BCUT2D eigenvalue weighted by Gasteiger charge is -2.22. The maximum absolute atomic E-state index is 13.0. The highest BCUT2D eigenvalue weighted by Gasteiger charge is 2.25. The zero-order chi connectivity index (χ0) is 24.8. The van der Waals surface area contributed by atoms with E-state index in [-0.39, 0.29) is 30.4 Å². The van der Waals surface area contributed by atoms with Crippen molar-refractivity contribution < 1.29 is 19.1 Å². The van der Waals surface area contributed by atoms with Crippen molar-refractivity contribution in [1.82, 2.24) is 40.8 Å². The maximum atomic E-state index is 13.0. The number of amides is 2. The topological polar surface area (TPSA) is 159 Å². The molecule has 0 unspecified atom stereocenters. The Labute approximate surface area is 200 Å². The summed E-state index contributed by atoms with van der Waals surface area (Å²) in [5.41, 5.74) is 1.47. The molecule has 3 heterocycles. The fourth-order valence-corrected chi connectivity index (χ4v) is 3.74. The Hall–Kier alpha value is -4.61. The molecule has 35 heavy (non-hydrogen) atoms. The molecule has 2 amide bonds. The van der Waals surface area contributed by atoms with Crippen molar-refractivity contribution in [2.45, 2.75) is 13.3 Å². The lowest BCUT2D eigenvalue weighted by atomic mass is 10.1. The number of benzene rings is 1. The maximum Gasteiger partial charge on any atom is 0.292 e. The van der Waals surface area contributed by atoms with E-state index in [1.165, 1.54) is 19.5 Å². The number of methoxy groups -OCH3 is 1. The number of fused-ring (bicyclic) bond motifs is 1. The van der Waals surface area contributed by atoms with Crippen LogP contribution in [0.25, 0.3) is 22.4 Å². The summed E-state index contributed by atoms with van der Waals surface area (Å²) in [5.74, 6) is -1.14. The number of nitrogens with one attached hydrogen (secondary N) is 3. The summed E-state index contributed by atoms with van der Waals surface area (Å²) in [6, 6.07) is 8.93. The summed E-state index contributed by atoms with van der Waals surface area (Å²) < 4.78 is 5.36. The van der Waals surface area contributed by atoms with Crippen molar-refractivity contribution in [3.05, 3.63) is 53.9 Å². The summed E-state index contributed by atoms with van der Waals surface area (Å²) in [5, 5.41) is 16.7. The third-order valence-corrected chi connectivity index (χ3v) is 5.37. The number of ketones is 1. The largest absolute Gasteiger partial charge is 0.494 e. The molecule has 0 fully saturated rings. The van der Waals surface area contributed by atoms with E-state index < -0.39 is 11.7 Å². The molecule has 0 bridgehead atoms. The van der Waals surface area contributed by atoms with Crippen molar-refractivity contribution in [2.75, 3.05) is 26.7 Å². The molecule has 1 aromatic carbocycles. The molecule has 4 rings (SSSR count). The number of pyridine rings is 1. The quantitative estimate of drug-likeness (QED) is 0.230. The van der Waals surface area contributed by atoms with Gasteiger partial charge in [0, 0.05) is 31.4 Å².